The number of nitrogens with one attached hydrogen (secondary N) is 2. The van der Waals surface area contributed by atoms with Gasteiger partial charge in [0.15, 0.2) is 5.78 Å². The van der Waals surface area contributed by atoms with E-state index < -0.39 is 24.3 Å². The highest BCUT2D eigenvalue weighted by Gasteiger charge is 2.18. The zero-order chi connectivity index (χ0) is 23.3. The van der Waals surface area contributed by atoms with Crippen LogP contribution in [0, 0.1) is 23.2 Å². The van der Waals surface area contributed by atoms with Gasteiger partial charge in [-0.3, -0.25) is 14.4 Å². The molecule has 0 aromatic heterocycles. The average Bonchev–Trinajstić information content (AvgIpc) is 2.82. The van der Waals surface area contributed by atoms with Crippen LogP contribution in [-0.2, 0) is 9.59 Å². The number of carbonyl (C=O) groups excluding carboxylic acids is 3. The summed E-state index contributed by atoms with van der Waals surface area (Å²) in [6, 6.07) is 14.7. The van der Waals surface area contributed by atoms with E-state index in [0.717, 1.165) is 5.56 Å². The summed E-state index contributed by atoms with van der Waals surface area (Å²) < 4.78 is 0. The molecule has 2 aromatic carbocycles. The van der Waals surface area contributed by atoms with E-state index in [1.807, 2.05) is 6.07 Å². The van der Waals surface area contributed by atoms with Crippen molar-refractivity contribution < 1.29 is 19.5 Å². The van der Waals surface area contributed by atoms with Crippen LogP contribution in [-0.4, -0.2) is 41.9 Å². The minimum atomic E-state index is -0.933. The third-order valence-corrected chi connectivity index (χ3v) is 4.44. The summed E-state index contributed by atoms with van der Waals surface area (Å²) in [5.74, 6) is 4.85. The Morgan fingerprint density at radius 3 is 2.12 bits per heavy atom. The highest BCUT2D eigenvalue weighted by atomic mass is 16.3. The molecule has 8 heteroatoms. The van der Waals surface area contributed by atoms with Crippen LogP contribution in [0.15, 0.2) is 48.5 Å². The molecule has 32 heavy (non-hydrogen) atoms. The molecule has 0 fully saturated rings. The third kappa shape index (κ3) is 7.69. The summed E-state index contributed by atoms with van der Waals surface area (Å²) in [6.45, 7) is -0.787. The molecule has 164 valence electrons. The second-order valence-electron chi connectivity index (χ2n) is 6.85. The highest BCUT2D eigenvalue weighted by Crippen LogP contribution is 2.10. The molecule has 0 heterocycles. The smallest absolute Gasteiger partial charge is 0.251 e. The summed E-state index contributed by atoms with van der Waals surface area (Å²) in [5.41, 5.74) is 7.90. The second-order valence-corrected chi connectivity index (χ2v) is 6.85. The maximum Gasteiger partial charge on any atom is 0.251 e. The van der Waals surface area contributed by atoms with Crippen LogP contribution in [0.25, 0.3) is 0 Å². The van der Waals surface area contributed by atoms with Crippen molar-refractivity contribution in [3.05, 3.63) is 65.2 Å². The quantitative estimate of drug-likeness (QED) is 0.347. The molecule has 0 aliphatic heterocycles. The number of amides is 2. The number of Topliss-reactive ketones (excluding diaryl/α,β-unsaturated/α-hetero) is 1. The molecule has 0 saturated heterocycles. The number of aliphatic hydroxyl groups is 1. The molecular weight excluding hydrogens is 408 g/mol. The van der Waals surface area contributed by atoms with Gasteiger partial charge in [0.1, 0.15) is 12.6 Å². The van der Waals surface area contributed by atoms with Crippen LogP contribution in [0.1, 0.15) is 40.7 Å². The van der Waals surface area contributed by atoms with Gasteiger partial charge in [-0.1, -0.05) is 11.8 Å². The minimum absolute atomic E-state index is 0.0989. The number of benzene rings is 2. The number of aliphatic hydroxyl groups excluding tert-OH is 1. The number of nitriles is 1. The van der Waals surface area contributed by atoms with Crippen molar-refractivity contribution >= 4 is 23.3 Å². The highest BCUT2D eigenvalue weighted by molar-refractivity contribution is 5.98. The molecule has 0 bridgehead atoms. The van der Waals surface area contributed by atoms with Gasteiger partial charge in [-0.15, -0.1) is 0 Å². The monoisotopic (exact) mass is 432 g/mol. The van der Waals surface area contributed by atoms with E-state index in [-0.39, 0.29) is 12.5 Å². The number of nitrogens with zero attached hydrogens (tertiary/aromatic N) is 1. The van der Waals surface area contributed by atoms with Gasteiger partial charge in [-0.25, -0.2) is 0 Å². The van der Waals surface area contributed by atoms with Crippen LogP contribution < -0.4 is 16.4 Å². The molecule has 0 aliphatic carbocycles. The number of ketones is 1. The Kier molecular flexibility index (Phi) is 9.61. The molecule has 1 atom stereocenters. The van der Waals surface area contributed by atoms with E-state index in [9.17, 15) is 14.4 Å². The van der Waals surface area contributed by atoms with E-state index in [2.05, 4.69) is 22.5 Å². The molecule has 0 unspecified atom stereocenters. The normalized spacial score (nSPS) is 10.8. The number of rotatable bonds is 9. The summed E-state index contributed by atoms with van der Waals surface area (Å²) in [6.07, 6.45) is 1.18. The standard InChI is InChI=1S/C24H24N4O4/c25-14-2-1-3-23(31)27-20-12-8-18(9-13-20)5-4-17-6-10-19(11-7-17)24(32)28-21(15-26)22(30)16-29/h6-13,21,29H,1-3,15-16,26H2,(H,27,31)(H,28,32)/t21-/m0/s1. The number of hydrogen-bond donors (Lipinski definition) is 4. The lowest BCUT2D eigenvalue weighted by Gasteiger charge is -2.14. The number of carbonyl (C=O) groups is 3. The largest absolute Gasteiger partial charge is 0.388 e. The molecule has 2 amide bonds. The van der Waals surface area contributed by atoms with Gasteiger partial charge in [0, 0.05) is 41.8 Å². The Bertz CT molecular complexity index is 1040. The van der Waals surface area contributed by atoms with Crippen molar-refractivity contribution in [2.24, 2.45) is 5.73 Å². The molecule has 0 saturated carbocycles. The maximum absolute atomic E-state index is 12.2. The van der Waals surface area contributed by atoms with Gasteiger partial charge < -0.3 is 21.5 Å². The number of unbranched alkanes of at least 4 members (excludes halogenated alkanes) is 1. The summed E-state index contributed by atoms with van der Waals surface area (Å²) in [4.78, 5) is 35.5. The van der Waals surface area contributed by atoms with Gasteiger partial charge in [-0.2, -0.15) is 5.26 Å². The molecule has 2 aromatic rings. The summed E-state index contributed by atoms with van der Waals surface area (Å²) >= 11 is 0. The fourth-order valence-electron chi connectivity index (χ4n) is 2.66. The SMILES string of the molecule is N#CCCCC(=O)Nc1ccc(C#Cc2ccc(C(=O)N[C@@H](CN)C(=O)CO)cc2)cc1. The van der Waals surface area contributed by atoms with E-state index >= 15 is 0 Å². The second kappa shape index (κ2) is 12.7. The Hall–Kier alpha value is -3.98. The maximum atomic E-state index is 12.2. The molecular formula is C24H24N4O4. The average molecular weight is 432 g/mol. The number of hydrogen-bond acceptors (Lipinski definition) is 6. The van der Waals surface area contributed by atoms with Gasteiger partial charge in [0.05, 0.1) is 6.07 Å². The Morgan fingerprint density at radius 2 is 1.59 bits per heavy atom. The number of anilines is 1. The van der Waals surface area contributed by atoms with Crippen molar-refractivity contribution in [2.75, 3.05) is 18.5 Å². The van der Waals surface area contributed by atoms with Crippen LogP contribution in [0.2, 0.25) is 0 Å². The van der Waals surface area contributed by atoms with E-state index in [0.29, 0.717) is 36.1 Å². The van der Waals surface area contributed by atoms with Crippen molar-refractivity contribution in [1.29, 1.82) is 5.26 Å². The van der Waals surface area contributed by atoms with Crippen molar-refractivity contribution in [2.45, 2.75) is 25.3 Å². The minimum Gasteiger partial charge on any atom is -0.388 e. The van der Waals surface area contributed by atoms with Crippen molar-refractivity contribution in [1.82, 2.24) is 5.32 Å². The summed E-state index contributed by atoms with van der Waals surface area (Å²) in [7, 11) is 0. The fraction of sp³-hybridized carbons (Fsp3) is 0.250. The molecule has 8 nitrogen and oxygen atoms in total. The van der Waals surface area contributed by atoms with E-state index in [1.165, 1.54) is 0 Å². The number of nitrogens with two attached hydrogens (primary N) is 1. The predicted octanol–water partition coefficient (Wildman–Crippen LogP) is 1.34. The van der Waals surface area contributed by atoms with Crippen LogP contribution in [0.4, 0.5) is 5.69 Å². The van der Waals surface area contributed by atoms with Gasteiger partial charge in [0.25, 0.3) is 5.91 Å². The lowest BCUT2D eigenvalue weighted by atomic mass is 10.1. The van der Waals surface area contributed by atoms with Crippen molar-refractivity contribution in [3.63, 3.8) is 0 Å². The Labute approximate surface area is 186 Å². The van der Waals surface area contributed by atoms with Gasteiger partial charge in [-0.05, 0) is 55.0 Å². The summed E-state index contributed by atoms with van der Waals surface area (Å²) in [5, 5.41) is 22.7. The van der Waals surface area contributed by atoms with Crippen LogP contribution in [0.5, 0.6) is 0 Å². The Morgan fingerprint density at radius 1 is 1.00 bits per heavy atom. The first-order valence-electron chi connectivity index (χ1n) is 10.00. The zero-order valence-electron chi connectivity index (χ0n) is 17.4. The lowest BCUT2D eigenvalue weighted by Crippen LogP contribution is -2.46. The first kappa shape index (κ1) is 24.3. The third-order valence-electron chi connectivity index (χ3n) is 4.44. The fourth-order valence-corrected chi connectivity index (χ4v) is 2.66. The molecule has 5 N–H and O–H groups in total. The first-order chi connectivity index (χ1) is 15.5. The Balaban J connectivity index is 1.95. The first-order valence-corrected chi connectivity index (χ1v) is 10.00. The van der Waals surface area contributed by atoms with Crippen LogP contribution in [0.3, 0.4) is 0 Å². The molecule has 0 spiro atoms. The molecule has 2 rings (SSSR count). The molecule has 0 aliphatic rings. The topological polar surface area (TPSA) is 145 Å². The zero-order valence-corrected chi connectivity index (χ0v) is 17.4. The van der Waals surface area contributed by atoms with Crippen LogP contribution >= 0.6 is 0 Å². The van der Waals surface area contributed by atoms with E-state index in [4.69, 9.17) is 16.1 Å². The van der Waals surface area contributed by atoms with Crippen molar-refractivity contribution in [3.8, 4) is 17.9 Å². The predicted molar refractivity (Wildman–Crippen MR) is 119 cm³/mol. The van der Waals surface area contributed by atoms with Gasteiger partial charge >= 0.3 is 0 Å². The lowest BCUT2D eigenvalue weighted by molar-refractivity contribution is -0.123. The van der Waals surface area contributed by atoms with Gasteiger partial charge in [0.2, 0.25) is 5.91 Å². The van der Waals surface area contributed by atoms with E-state index in [1.54, 1.807) is 48.5 Å². The molecule has 0 radical (unpaired) electrons.